The van der Waals surface area contributed by atoms with Crippen LogP contribution in [0, 0.1) is 4.91 Å². The maximum absolute atomic E-state index is 11.2. The van der Waals surface area contributed by atoms with E-state index in [1.165, 1.54) is 0 Å². The molecule has 1 amide bonds. The van der Waals surface area contributed by atoms with Gasteiger partial charge in [-0.25, -0.2) is 4.79 Å². The number of nitrogens with zero attached hydrogens (tertiary/aromatic N) is 1. The van der Waals surface area contributed by atoms with E-state index >= 15 is 0 Å². The van der Waals surface area contributed by atoms with Crippen LogP contribution in [0.1, 0.15) is 18.4 Å². The summed E-state index contributed by atoms with van der Waals surface area (Å²) in [5.41, 5.74) is 0.952. The molecule has 92 valence electrons. The molecule has 0 saturated carbocycles. The molecule has 0 aromatic heterocycles. The lowest BCUT2D eigenvalue weighted by atomic mass is 10.2. The van der Waals surface area contributed by atoms with Crippen LogP contribution in [-0.4, -0.2) is 19.2 Å². The van der Waals surface area contributed by atoms with Crippen molar-refractivity contribution in [2.75, 3.05) is 13.1 Å². The Hall–Kier alpha value is -1.91. The van der Waals surface area contributed by atoms with Gasteiger partial charge in [0, 0.05) is 6.54 Å². The van der Waals surface area contributed by atoms with Crippen LogP contribution < -0.4 is 5.32 Å². The number of amides is 1. The first kappa shape index (κ1) is 13.2. The fourth-order valence-electron chi connectivity index (χ4n) is 1.27. The molecule has 1 aromatic rings. The number of hydrogen-bond acceptors (Lipinski definition) is 4. The van der Waals surface area contributed by atoms with Crippen molar-refractivity contribution >= 4 is 6.09 Å². The largest absolute Gasteiger partial charge is 0.445 e. The summed E-state index contributed by atoms with van der Waals surface area (Å²) in [4.78, 5) is 21.0. The normalized spacial score (nSPS) is 9.65. The van der Waals surface area contributed by atoms with E-state index in [0.717, 1.165) is 12.0 Å². The highest BCUT2D eigenvalue weighted by atomic mass is 16.5. The molecule has 0 aliphatic heterocycles. The molecule has 17 heavy (non-hydrogen) atoms. The molecule has 0 unspecified atom stereocenters. The molecule has 5 nitrogen and oxygen atoms in total. The summed E-state index contributed by atoms with van der Waals surface area (Å²) in [7, 11) is 0. The third-order valence-corrected chi connectivity index (χ3v) is 2.16. The van der Waals surface area contributed by atoms with Crippen molar-refractivity contribution in [3.63, 3.8) is 0 Å². The summed E-state index contributed by atoms with van der Waals surface area (Å²) in [5, 5.41) is 5.34. The second-order valence-corrected chi connectivity index (χ2v) is 3.55. The first-order valence-corrected chi connectivity index (χ1v) is 5.56. The van der Waals surface area contributed by atoms with E-state index in [-0.39, 0.29) is 6.61 Å². The van der Waals surface area contributed by atoms with Crippen LogP contribution in [0.15, 0.2) is 35.5 Å². The van der Waals surface area contributed by atoms with Gasteiger partial charge in [0.1, 0.15) is 6.61 Å². The van der Waals surface area contributed by atoms with Crippen molar-refractivity contribution in [2.45, 2.75) is 19.4 Å². The molecule has 1 aromatic carbocycles. The maximum Gasteiger partial charge on any atom is 0.407 e. The fourth-order valence-corrected chi connectivity index (χ4v) is 1.27. The summed E-state index contributed by atoms with van der Waals surface area (Å²) in [6, 6.07) is 9.47. The first-order chi connectivity index (χ1) is 8.33. The smallest absolute Gasteiger partial charge is 0.407 e. The second kappa shape index (κ2) is 8.27. The molecule has 0 aliphatic rings. The number of carbonyl (C=O) groups is 1. The zero-order valence-electron chi connectivity index (χ0n) is 9.59. The lowest BCUT2D eigenvalue weighted by Gasteiger charge is -2.06. The zero-order valence-corrected chi connectivity index (χ0v) is 9.59. The van der Waals surface area contributed by atoms with Crippen molar-refractivity contribution in [2.24, 2.45) is 5.18 Å². The van der Waals surface area contributed by atoms with Crippen molar-refractivity contribution < 1.29 is 9.53 Å². The van der Waals surface area contributed by atoms with Crippen molar-refractivity contribution in [3.8, 4) is 0 Å². The summed E-state index contributed by atoms with van der Waals surface area (Å²) in [6.45, 7) is 1.06. The molecule has 1 rings (SSSR count). The Morgan fingerprint density at radius 3 is 2.71 bits per heavy atom. The Kier molecular flexibility index (Phi) is 6.40. The average Bonchev–Trinajstić information content (AvgIpc) is 2.37. The zero-order chi connectivity index (χ0) is 12.3. The van der Waals surface area contributed by atoms with Crippen molar-refractivity contribution in [1.29, 1.82) is 0 Å². The number of unbranched alkanes of at least 4 members (excludes halogenated alkanes) is 1. The summed E-state index contributed by atoms with van der Waals surface area (Å²) >= 11 is 0. The van der Waals surface area contributed by atoms with Gasteiger partial charge < -0.3 is 10.1 Å². The Labute approximate surface area is 100 Å². The highest BCUT2D eigenvalue weighted by Crippen LogP contribution is 2.00. The number of carbonyl (C=O) groups excluding carboxylic acids is 1. The molecule has 0 heterocycles. The van der Waals surface area contributed by atoms with Gasteiger partial charge in [-0.1, -0.05) is 35.5 Å². The van der Waals surface area contributed by atoms with Gasteiger partial charge in [-0.2, -0.15) is 4.91 Å². The molecule has 5 heteroatoms. The molecule has 0 radical (unpaired) electrons. The van der Waals surface area contributed by atoms with Gasteiger partial charge in [-0.05, 0) is 18.4 Å². The Bertz CT molecular complexity index is 341. The predicted octanol–water partition coefficient (Wildman–Crippen LogP) is 2.46. The van der Waals surface area contributed by atoms with Gasteiger partial charge >= 0.3 is 6.09 Å². The SMILES string of the molecule is O=NCCCCNC(=O)OCc1ccccc1. The highest BCUT2D eigenvalue weighted by Gasteiger charge is 2.01. The minimum Gasteiger partial charge on any atom is -0.445 e. The van der Waals surface area contributed by atoms with E-state index in [1.54, 1.807) is 0 Å². The summed E-state index contributed by atoms with van der Waals surface area (Å²) < 4.78 is 5.00. The summed E-state index contributed by atoms with van der Waals surface area (Å²) in [6.07, 6.45) is 0.974. The van der Waals surface area contributed by atoms with Gasteiger partial charge in [0.15, 0.2) is 0 Å². The molecule has 0 spiro atoms. The Morgan fingerprint density at radius 1 is 1.24 bits per heavy atom. The molecule has 0 fully saturated rings. The molecule has 1 N–H and O–H groups in total. The van der Waals surface area contributed by atoms with E-state index < -0.39 is 6.09 Å². The van der Waals surface area contributed by atoms with Gasteiger partial charge in [-0.3, -0.25) is 0 Å². The van der Waals surface area contributed by atoms with E-state index in [1.807, 2.05) is 30.3 Å². The van der Waals surface area contributed by atoms with E-state index in [0.29, 0.717) is 19.5 Å². The molecular weight excluding hydrogens is 220 g/mol. The number of nitrogens with one attached hydrogen (secondary N) is 1. The second-order valence-electron chi connectivity index (χ2n) is 3.55. The van der Waals surface area contributed by atoms with Crippen molar-refractivity contribution in [3.05, 3.63) is 40.8 Å². The number of hydrogen-bond donors (Lipinski definition) is 1. The van der Waals surface area contributed by atoms with E-state index in [4.69, 9.17) is 4.74 Å². The number of rotatable bonds is 7. The van der Waals surface area contributed by atoms with E-state index in [9.17, 15) is 9.70 Å². The molecule has 0 bridgehead atoms. The van der Waals surface area contributed by atoms with Gasteiger partial charge in [0.25, 0.3) is 0 Å². The lowest BCUT2D eigenvalue weighted by Crippen LogP contribution is -2.25. The molecule has 0 saturated heterocycles. The van der Waals surface area contributed by atoms with Crippen LogP contribution in [0.4, 0.5) is 4.79 Å². The number of benzene rings is 1. The minimum absolute atomic E-state index is 0.266. The van der Waals surface area contributed by atoms with Crippen LogP contribution >= 0.6 is 0 Å². The van der Waals surface area contributed by atoms with Crippen molar-refractivity contribution in [1.82, 2.24) is 5.32 Å². The fraction of sp³-hybridized carbons (Fsp3) is 0.417. The lowest BCUT2D eigenvalue weighted by molar-refractivity contribution is 0.139. The van der Waals surface area contributed by atoms with Crippen LogP contribution in [-0.2, 0) is 11.3 Å². The van der Waals surface area contributed by atoms with Crippen LogP contribution in [0.2, 0.25) is 0 Å². The molecular formula is C12H16N2O3. The highest BCUT2D eigenvalue weighted by molar-refractivity contribution is 5.67. The molecule has 0 atom stereocenters. The van der Waals surface area contributed by atoms with Gasteiger partial charge in [-0.15, -0.1) is 0 Å². The van der Waals surface area contributed by atoms with Crippen LogP contribution in [0.25, 0.3) is 0 Å². The van der Waals surface area contributed by atoms with Crippen LogP contribution in [0.5, 0.6) is 0 Å². The monoisotopic (exact) mass is 236 g/mol. The third kappa shape index (κ3) is 6.29. The van der Waals surface area contributed by atoms with E-state index in [2.05, 4.69) is 10.5 Å². The topological polar surface area (TPSA) is 67.8 Å². The number of ether oxygens (including phenoxy) is 1. The number of nitroso groups, excluding NO2 is 1. The summed E-state index contributed by atoms with van der Waals surface area (Å²) in [5.74, 6) is 0. The Balaban J connectivity index is 2.07. The van der Waals surface area contributed by atoms with Gasteiger partial charge in [0.2, 0.25) is 0 Å². The van der Waals surface area contributed by atoms with Crippen LogP contribution in [0.3, 0.4) is 0 Å². The predicted molar refractivity (Wildman–Crippen MR) is 64.5 cm³/mol. The quantitative estimate of drug-likeness (QED) is 0.584. The molecule has 0 aliphatic carbocycles. The Morgan fingerprint density at radius 2 is 2.00 bits per heavy atom. The standard InChI is InChI=1S/C12H16N2O3/c15-12(13-8-4-5-9-14-16)17-10-11-6-2-1-3-7-11/h1-3,6-7H,4-5,8-10H2,(H,13,15). The third-order valence-electron chi connectivity index (χ3n) is 2.16. The first-order valence-electron chi connectivity index (χ1n) is 5.56. The number of alkyl carbamates (subject to hydrolysis) is 1. The average molecular weight is 236 g/mol. The maximum atomic E-state index is 11.2. The minimum atomic E-state index is -0.437. The van der Waals surface area contributed by atoms with Gasteiger partial charge in [0.05, 0.1) is 6.54 Å².